The number of rotatable bonds is 3. The molecule has 0 fully saturated rings. The fraction of sp³-hybridized carbons (Fsp3) is 1.00. The summed E-state index contributed by atoms with van der Waals surface area (Å²) in [5.41, 5.74) is 3.13. The Kier molecular flexibility index (Phi) is 9.22. The van der Waals surface area contributed by atoms with E-state index < -0.39 is 0 Å². The molecule has 8 heavy (non-hydrogen) atoms. The molecule has 0 unspecified atom stereocenters. The van der Waals surface area contributed by atoms with Gasteiger partial charge in [-0.3, -0.25) is 15.1 Å². The highest BCUT2D eigenvalue weighted by Gasteiger charge is 1.80. The Morgan fingerprint density at radius 3 is 2.00 bits per heavy atom. The van der Waals surface area contributed by atoms with Gasteiger partial charge < -0.3 is 0 Å². The molecule has 0 aliphatic rings. The van der Waals surface area contributed by atoms with Crippen molar-refractivity contribution in [3.63, 3.8) is 0 Å². The molecule has 0 aliphatic carbocycles. The standard InChI is InChI=1S/C5H14N2.FH/c1-4-5-6-7(2)3;/h6H,4-5H2,1-3H3;1H. The molecule has 2 nitrogen and oxygen atoms in total. The van der Waals surface area contributed by atoms with Crippen LogP contribution in [0.15, 0.2) is 0 Å². The third-order valence-electron chi connectivity index (χ3n) is 0.678. The molecule has 0 bridgehead atoms. The fourth-order valence-corrected chi connectivity index (χ4v) is 0.335. The highest BCUT2D eigenvalue weighted by atomic mass is 19.0. The first-order valence-corrected chi connectivity index (χ1v) is 2.68. The highest BCUT2D eigenvalue weighted by molar-refractivity contribution is 4.32. The second-order valence-electron chi connectivity index (χ2n) is 1.80. The molecule has 0 spiro atoms. The molecule has 0 saturated heterocycles. The van der Waals surface area contributed by atoms with Crippen LogP contribution in [0.5, 0.6) is 0 Å². The van der Waals surface area contributed by atoms with Gasteiger partial charge in [-0.05, 0) is 6.42 Å². The van der Waals surface area contributed by atoms with Crippen molar-refractivity contribution in [1.29, 1.82) is 0 Å². The number of nitrogens with one attached hydrogen (secondary N) is 1. The average molecular weight is 122 g/mol. The van der Waals surface area contributed by atoms with Crippen LogP contribution in [0.25, 0.3) is 0 Å². The summed E-state index contributed by atoms with van der Waals surface area (Å²) < 4.78 is 0. The lowest BCUT2D eigenvalue weighted by Crippen LogP contribution is -2.30. The molecule has 0 heterocycles. The first kappa shape index (κ1) is 10.8. The molecule has 0 saturated carbocycles. The van der Waals surface area contributed by atoms with Crippen molar-refractivity contribution in [2.45, 2.75) is 13.3 Å². The number of nitrogens with zero attached hydrogens (tertiary/aromatic N) is 1. The Bertz CT molecular complexity index is 39.4. The van der Waals surface area contributed by atoms with Crippen LogP contribution < -0.4 is 5.43 Å². The highest BCUT2D eigenvalue weighted by Crippen LogP contribution is 1.68. The van der Waals surface area contributed by atoms with E-state index in [4.69, 9.17) is 0 Å². The summed E-state index contributed by atoms with van der Waals surface area (Å²) in [7, 11) is 3.99. The molecule has 1 N–H and O–H groups in total. The van der Waals surface area contributed by atoms with Gasteiger partial charge in [0.1, 0.15) is 0 Å². The summed E-state index contributed by atoms with van der Waals surface area (Å²) in [5, 5.41) is 1.96. The maximum atomic E-state index is 3.13. The Morgan fingerprint density at radius 2 is 1.88 bits per heavy atom. The minimum absolute atomic E-state index is 0. The predicted molar refractivity (Wildman–Crippen MR) is 34.5 cm³/mol. The largest absolute Gasteiger partial charge is 0.269 e. The number of halogens is 1. The lowest BCUT2D eigenvalue weighted by atomic mass is 10.5. The van der Waals surface area contributed by atoms with Gasteiger partial charge >= 0.3 is 0 Å². The van der Waals surface area contributed by atoms with Crippen LogP contribution in [0.3, 0.4) is 0 Å². The van der Waals surface area contributed by atoms with E-state index in [1.807, 2.05) is 19.1 Å². The van der Waals surface area contributed by atoms with E-state index in [0.29, 0.717) is 0 Å². The van der Waals surface area contributed by atoms with E-state index in [9.17, 15) is 0 Å². The molecule has 0 aromatic carbocycles. The third-order valence-corrected chi connectivity index (χ3v) is 0.678. The summed E-state index contributed by atoms with van der Waals surface area (Å²) >= 11 is 0. The zero-order valence-electron chi connectivity index (χ0n) is 5.77. The Balaban J connectivity index is 0. The van der Waals surface area contributed by atoms with E-state index >= 15 is 0 Å². The van der Waals surface area contributed by atoms with Crippen molar-refractivity contribution < 1.29 is 4.70 Å². The normalized spacial score (nSPS) is 9.00. The number of hydrogen-bond donors (Lipinski definition) is 1. The SMILES string of the molecule is CCCNN(C)C.F. The summed E-state index contributed by atoms with van der Waals surface area (Å²) in [6, 6.07) is 0. The van der Waals surface area contributed by atoms with Crippen LogP contribution in [0.2, 0.25) is 0 Å². The molecule has 52 valence electrons. The maximum absolute atomic E-state index is 3.13. The van der Waals surface area contributed by atoms with Crippen LogP contribution in [0, 0.1) is 0 Å². The van der Waals surface area contributed by atoms with Crippen LogP contribution in [-0.2, 0) is 0 Å². The minimum Gasteiger partial charge on any atom is -0.269 e. The van der Waals surface area contributed by atoms with Gasteiger partial charge in [-0.15, -0.1) is 0 Å². The monoisotopic (exact) mass is 122 g/mol. The average Bonchev–Trinajstić information content (AvgIpc) is 1.61. The summed E-state index contributed by atoms with van der Waals surface area (Å²) in [5.74, 6) is 0. The van der Waals surface area contributed by atoms with Crippen molar-refractivity contribution in [3.05, 3.63) is 0 Å². The van der Waals surface area contributed by atoms with Crippen LogP contribution >= 0.6 is 0 Å². The van der Waals surface area contributed by atoms with Gasteiger partial charge in [0.25, 0.3) is 0 Å². The lowest BCUT2D eigenvalue weighted by Gasteiger charge is -2.08. The second kappa shape index (κ2) is 6.85. The molecule has 0 aliphatic heterocycles. The second-order valence-corrected chi connectivity index (χ2v) is 1.80. The Hall–Kier alpha value is -0.150. The van der Waals surface area contributed by atoms with Crippen molar-refractivity contribution >= 4 is 0 Å². The zero-order chi connectivity index (χ0) is 5.70. The smallest absolute Gasteiger partial charge is 0.00993 e. The lowest BCUT2D eigenvalue weighted by molar-refractivity contribution is 0.291. The number of hydrazine groups is 1. The van der Waals surface area contributed by atoms with Gasteiger partial charge in [0, 0.05) is 20.6 Å². The molecular weight excluding hydrogens is 107 g/mol. The van der Waals surface area contributed by atoms with Gasteiger partial charge in [0.15, 0.2) is 0 Å². The van der Waals surface area contributed by atoms with E-state index in [2.05, 4.69) is 12.3 Å². The van der Waals surface area contributed by atoms with Crippen LogP contribution in [0.1, 0.15) is 13.3 Å². The summed E-state index contributed by atoms with van der Waals surface area (Å²) in [4.78, 5) is 0. The van der Waals surface area contributed by atoms with Gasteiger partial charge in [-0.2, -0.15) is 0 Å². The van der Waals surface area contributed by atoms with Crippen molar-refractivity contribution in [3.8, 4) is 0 Å². The van der Waals surface area contributed by atoms with Gasteiger partial charge in [-0.25, -0.2) is 0 Å². The zero-order valence-corrected chi connectivity index (χ0v) is 5.77. The van der Waals surface area contributed by atoms with Crippen LogP contribution in [0.4, 0.5) is 4.70 Å². The van der Waals surface area contributed by atoms with Gasteiger partial charge in [0.2, 0.25) is 0 Å². The minimum atomic E-state index is 0. The summed E-state index contributed by atoms with van der Waals surface area (Å²) in [6.07, 6.45) is 1.19. The van der Waals surface area contributed by atoms with Gasteiger partial charge in [0.05, 0.1) is 0 Å². The molecule has 0 aromatic heterocycles. The number of hydrogen-bond acceptors (Lipinski definition) is 2. The van der Waals surface area contributed by atoms with E-state index in [-0.39, 0.29) is 4.70 Å². The first-order chi connectivity index (χ1) is 3.27. The molecule has 0 aromatic rings. The van der Waals surface area contributed by atoms with Crippen molar-refractivity contribution in [2.24, 2.45) is 0 Å². The molecular formula is C5H15FN2. The fourth-order valence-electron chi connectivity index (χ4n) is 0.335. The predicted octanol–water partition coefficient (Wildman–Crippen LogP) is 0.615. The molecule has 0 radical (unpaired) electrons. The third kappa shape index (κ3) is 9.28. The quantitative estimate of drug-likeness (QED) is 0.552. The van der Waals surface area contributed by atoms with E-state index in [1.165, 1.54) is 6.42 Å². The van der Waals surface area contributed by atoms with Crippen molar-refractivity contribution in [2.75, 3.05) is 20.6 Å². The topological polar surface area (TPSA) is 15.3 Å². The van der Waals surface area contributed by atoms with Crippen LogP contribution in [-0.4, -0.2) is 25.6 Å². The molecule has 3 heteroatoms. The van der Waals surface area contributed by atoms with Crippen molar-refractivity contribution in [1.82, 2.24) is 10.4 Å². The molecule has 0 amide bonds. The Morgan fingerprint density at radius 1 is 1.38 bits per heavy atom. The van der Waals surface area contributed by atoms with E-state index in [1.54, 1.807) is 0 Å². The molecule has 0 rings (SSSR count). The molecule has 0 atom stereocenters. The summed E-state index contributed by atoms with van der Waals surface area (Å²) in [6.45, 7) is 3.23. The van der Waals surface area contributed by atoms with E-state index in [0.717, 1.165) is 6.54 Å². The first-order valence-electron chi connectivity index (χ1n) is 2.68. The maximum Gasteiger partial charge on any atom is 0.00993 e. The van der Waals surface area contributed by atoms with Gasteiger partial charge in [-0.1, -0.05) is 6.92 Å². The Labute approximate surface area is 50.2 Å².